The van der Waals surface area contributed by atoms with Crippen molar-refractivity contribution in [2.45, 2.75) is 136 Å². The Kier molecular flexibility index (Phi) is 15.0. The third kappa shape index (κ3) is 11.6. The number of ether oxygens (including phenoxy) is 1. The fourth-order valence-electron chi connectivity index (χ4n) is 4.58. The molecule has 1 saturated carbocycles. The second-order valence-electron chi connectivity index (χ2n) is 9.01. The Labute approximate surface area is 179 Å². The van der Waals surface area contributed by atoms with Crippen LogP contribution in [-0.4, -0.2) is 23.1 Å². The Hall–Kier alpha value is -1.06. The van der Waals surface area contributed by atoms with E-state index in [2.05, 4.69) is 13.8 Å². The van der Waals surface area contributed by atoms with Gasteiger partial charge in [0.25, 0.3) is 0 Å². The Morgan fingerprint density at radius 3 is 1.79 bits per heavy atom. The third-order valence-electron chi connectivity index (χ3n) is 6.41. The first-order valence-electron chi connectivity index (χ1n) is 12.5. The Bertz CT molecular complexity index is 435. The molecule has 0 aromatic carbocycles. The number of hydrogen-bond donors (Lipinski definition) is 1. The topological polar surface area (TPSA) is 63.6 Å². The standard InChI is InChI=1S/C25H46O4/c1-3-5-6-7-8-9-10-11-12-13-14-18-21(17-4-2)29-25(28)23-20-16-15-19-22(23)24(26)27/h21-23H,3-20H2,1-2H3,(H,26,27). The summed E-state index contributed by atoms with van der Waals surface area (Å²) in [5.74, 6) is -2.11. The van der Waals surface area contributed by atoms with Crippen molar-refractivity contribution in [1.82, 2.24) is 0 Å². The normalized spacial score (nSPS) is 20.3. The van der Waals surface area contributed by atoms with Gasteiger partial charge in [-0.25, -0.2) is 0 Å². The van der Waals surface area contributed by atoms with Gasteiger partial charge in [0.2, 0.25) is 0 Å². The van der Waals surface area contributed by atoms with Gasteiger partial charge < -0.3 is 9.84 Å². The minimum Gasteiger partial charge on any atom is -0.481 e. The largest absolute Gasteiger partial charge is 0.481 e. The van der Waals surface area contributed by atoms with Crippen molar-refractivity contribution in [3.05, 3.63) is 0 Å². The summed E-state index contributed by atoms with van der Waals surface area (Å²) in [6, 6.07) is 0. The molecule has 1 N–H and O–H groups in total. The first-order valence-corrected chi connectivity index (χ1v) is 12.5. The smallest absolute Gasteiger partial charge is 0.310 e. The number of aliphatic carboxylic acids is 1. The highest BCUT2D eigenvalue weighted by Crippen LogP contribution is 2.32. The van der Waals surface area contributed by atoms with E-state index < -0.39 is 17.8 Å². The summed E-state index contributed by atoms with van der Waals surface area (Å²) in [5, 5.41) is 9.40. The van der Waals surface area contributed by atoms with Gasteiger partial charge >= 0.3 is 11.9 Å². The van der Waals surface area contributed by atoms with Crippen LogP contribution in [0.1, 0.15) is 129 Å². The van der Waals surface area contributed by atoms with E-state index in [4.69, 9.17) is 4.74 Å². The van der Waals surface area contributed by atoms with E-state index >= 15 is 0 Å². The fraction of sp³-hybridized carbons (Fsp3) is 0.920. The molecular weight excluding hydrogens is 364 g/mol. The Morgan fingerprint density at radius 1 is 0.759 bits per heavy atom. The van der Waals surface area contributed by atoms with Gasteiger partial charge in [-0.1, -0.05) is 97.3 Å². The lowest BCUT2D eigenvalue weighted by Crippen LogP contribution is -2.35. The monoisotopic (exact) mass is 410 g/mol. The number of rotatable bonds is 17. The van der Waals surface area contributed by atoms with Crippen molar-refractivity contribution in [2.75, 3.05) is 0 Å². The van der Waals surface area contributed by atoms with Crippen molar-refractivity contribution >= 4 is 11.9 Å². The molecule has 3 atom stereocenters. The summed E-state index contributed by atoms with van der Waals surface area (Å²) in [5.41, 5.74) is 0. The Morgan fingerprint density at radius 2 is 1.28 bits per heavy atom. The maximum Gasteiger partial charge on any atom is 0.310 e. The summed E-state index contributed by atoms with van der Waals surface area (Å²) in [6.45, 7) is 4.37. The van der Waals surface area contributed by atoms with E-state index in [1.807, 2.05) is 0 Å². The van der Waals surface area contributed by atoms with Gasteiger partial charge in [0.15, 0.2) is 0 Å². The number of hydrogen-bond acceptors (Lipinski definition) is 3. The van der Waals surface area contributed by atoms with Crippen molar-refractivity contribution < 1.29 is 19.4 Å². The van der Waals surface area contributed by atoms with Crippen LogP contribution in [0.15, 0.2) is 0 Å². The average molecular weight is 411 g/mol. The first-order chi connectivity index (χ1) is 14.1. The van der Waals surface area contributed by atoms with Gasteiger partial charge in [-0.2, -0.15) is 0 Å². The second-order valence-corrected chi connectivity index (χ2v) is 9.01. The van der Waals surface area contributed by atoms with Crippen LogP contribution in [0.4, 0.5) is 0 Å². The van der Waals surface area contributed by atoms with Crippen LogP contribution in [-0.2, 0) is 14.3 Å². The lowest BCUT2D eigenvalue weighted by molar-refractivity contribution is -0.164. The van der Waals surface area contributed by atoms with Crippen LogP contribution in [0.3, 0.4) is 0 Å². The molecule has 0 aliphatic heterocycles. The van der Waals surface area contributed by atoms with Crippen LogP contribution in [0.2, 0.25) is 0 Å². The number of carboxylic acids is 1. The van der Waals surface area contributed by atoms with E-state index in [1.54, 1.807) is 0 Å². The fourth-order valence-corrected chi connectivity index (χ4v) is 4.58. The molecule has 1 rings (SSSR count). The maximum absolute atomic E-state index is 12.6. The molecule has 1 fully saturated rings. The minimum atomic E-state index is -0.843. The molecule has 170 valence electrons. The maximum atomic E-state index is 12.6. The number of carbonyl (C=O) groups excluding carboxylic acids is 1. The zero-order valence-corrected chi connectivity index (χ0v) is 19.1. The molecule has 0 aromatic rings. The van der Waals surface area contributed by atoms with Gasteiger partial charge in [-0.15, -0.1) is 0 Å². The summed E-state index contributed by atoms with van der Waals surface area (Å²) in [4.78, 5) is 24.1. The molecule has 0 aromatic heterocycles. The molecule has 4 heteroatoms. The Balaban J connectivity index is 2.19. The molecule has 29 heavy (non-hydrogen) atoms. The minimum absolute atomic E-state index is 0.0394. The lowest BCUT2D eigenvalue weighted by Gasteiger charge is -2.28. The zero-order valence-electron chi connectivity index (χ0n) is 19.1. The van der Waals surface area contributed by atoms with Gasteiger partial charge in [0, 0.05) is 0 Å². The molecule has 4 nitrogen and oxygen atoms in total. The summed E-state index contributed by atoms with van der Waals surface area (Å²) < 4.78 is 5.80. The molecular formula is C25H46O4. The van der Waals surface area contributed by atoms with Crippen molar-refractivity contribution in [1.29, 1.82) is 0 Å². The molecule has 3 unspecified atom stereocenters. The first kappa shape index (κ1) is 26.0. The average Bonchev–Trinajstić information content (AvgIpc) is 2.72. The van der Waals surface area contributed by atoms with Gasteiger partial charge in [-0.05, 0) is 32.1 Å². The van der Waals surface area contributed by atoms with Gasteiger partial charge in [0.05, 0.1) is 11.8 Å². The molecule has 0 bridgehead atoms. The number of carboxylic acid groups (broad SMARTS) is 1. The molecule has 1 aliphatic carbocycles. The van der Waals surface area contributed by atoms with E-state index in [-0.39, 0.29) is 12.1 Å². The number of unbranched alkanes of at least 4 members (excludes halogenated alkanes) is 10. The predicted molar refractivity (Wildman–Crippen MR) is 119 cm³/mol. The summed E-state index contributed by atoms with van der Waals surface area (Å²) in [7, 11) is 0. The van der Waals surface area contributed by atoms with Crippen LogP contribution in [0.25, 0.3) is 0 Å². The zero-order chi connectivity index (χ0) is 21.3. The molecule has 1 aliphatic rings. The van der Waals surface area contributed by atoms with Crippen LogP contribution >= 0.6 is 0 Å². The van der Waals surface area contributed by atoms with Crippen molar-refractivity contribution in [3.8, 4) is 0 Å². The van der Waals surface area contributed by atoms with E-state index in [0.717, 1.165) is 38.5 Å². The second kappa shape index (κ2) is 16.7. The van der Waals surface area contributed by atoms with Crippen molar-refractivity contribution in [3.63, 3.8) is 0 Å². The molecule has 0 amide bonds. The summed E-state index contributed by atoms with van der Waals surface area (Å²) >= 11 is 0. The molecule has 0 heterocycles. The highest BCUT2D eigenvalue weighted by molar-refractivity contribution is 5.81. The molecule has 0 saturated heterocycles. The third-order valence-corrected chi connectivity index (χ3v) is 6.41. The van der Waals surface area contributed by atoms with E-state index in [0.29, 0.717) is 12.8 Å². The van der Waals surface area contributed by atoms with E-state index in [1.165, 1.54) is 64.2 Å². The van der Waals surface area contributed by atoms with Crippen molar-refractivity contribution in [2.24, 2.45) is 11.8 Å². The molecule has 0 spiro atoms. The number of carbonyl (C=O) groups is 2. The summed E-state index contributed by atoms with van der Waals surface area (Å²) in [6.07, 6.45) is 20.3. The van der Waals surface area contributed by atoms with Crippen LogP contribution < -0.4 is 0 Å². The highest BCUT2D eigenvalue weighted by Gasteiger charge is 2.37. The highest BCUT2D eigenvalue weighted by atomic mass is 16.5. The predicted octanol–water partition coefficient (Wildman–Crippen LogP) is 7.29. The lowest BCUT2D eigenvalue weighted by atomic mass is 9.79. The van der Waals surface area contributed by atoms with Gasteiger partial charge in [-0.3, -0.25) is 9.59 Å². The van der Waals surface area contributed by atoms with Crippen LogP contribution in [0.5, 0.6) is 0 Å². The van der Waals surface area contributed by atoms with E-state index in [9.17, 15) is 14.7 Å². The van der Waals surface area contributed by atoms with Crippen LogP contribution in [0, 0.1) is 11.8 Å². The van der Waals surface area contributed by atoms with Gasteiger partial charge in [0.1, 0.15) is 6.10 Å². The number of esters is 1. The molecule has 0 radical (unpaired) electrons. The SMILES string of the molecule is CCCCCCCCCCCCCC(CCC)OC(=O)C1CCCCC1C(=O)O. The quantitative estimate of drug-likeness (QED) is 0.202.